The predicted octanol–water partition coefficient (Wildman–Crippen LogP) is 1.15. The molecule has 2 aliphatic rings. The average molecular weight is 329 g/mol. The molecule has 0 radical (unpaired) electrons. The highest BCUT2D eigenvalue weighted by atomic mass is 16.2. The molecule has 1 saturated heterocycles. The van der Waals surface area contributed by atoms with Gasteiger partial charge in [0.1, 0.15) is 0 Å². The Labute approximate surface area is 142 Å². The van der Waals surface area contributed by atoms with Gasteiger partial charge in [0, 0.05) is 39.1 Å². The van der Waals surface area contributed by atoms with E-state index in [4.69, 9.17) is 0 Å². The summed E-state index contributed by atoms with van der Waals surface area (Å²) in [5.74, 6) is -0.570. The normalized spacial score (nSPS) is 18.2. The molecule has 0 aliphatic carbocycles. The molecule has 3 rings (SSSR count). The maximum absolute atomic E-state index is 12.4. The fourth-order valence-electron chi connectivity index (χ4n) is 3.29. The van der Waals surface area contributed by atoms with E-state index in [1.807, 2.05) is 17.9 Å². The fraction of sp³-hybridized carbons (Fsp3) is 0.500. The molecular weight excluding hydrogens is 306 g/mol. The lowest BCUT2D eigenvalue weighted by molar-refractivity contribution is -0.133. The average Bonchev–Trinajstić information content (AvgIpc) is 2.83. The molecule has 2 aliphatic heterocycles. The van der Waals surface area contributed by atoms with Gasteiger partial charge in [-0.3, -0.25) is 19.3 Å². The van der Waals surface area contributed by atoms with Gasteiger partial charge < -0.3 is 9.80 Å². The Morgan fingerprint density at radius 2 is 1.71 bits per heavy atom. The Balaban J connectivity index is 1.59. The highest BCUT2D eigenvalue weighted by Crippen LogP contribution is 2.24. The van der Waals surface area contributed by atoms with Crippen LogP contribution in [-0.2, 0) is 4.79 Å². The van der Waals surface area contributed by atoms with Crippen molar-refractivity contribution < 1.29 is 14.4 Å². The molecule has 0 spiro atoms. The minimum atomic E-state index is -0.293. The monoisotopic (exact) mass is 329 g/mol. The molecule has 0 aromatic heterocycles. The van der Waals surface area contributed by atoms with Crippen molar-refractivity contribution in [1.82, 2.24) is 14.7 Å². The van der Waals surface area contributed by atoms with Crippen LogP contribution < -0.4 is 0 Å². The summed E-state index contributed by atoms with van der Waals surface area (Å²) < 4.78 is 0. The Kier molecular flexibility index (Phi) is 4.66. The predicted molar refractivity (Wildman–Crippen MR) is 89.9 cm³/mol. The highest BCUT2D eigenvalue weighted by molar-refractivity contribution is 6.21. The van der Waals surface area contributed by atoms with Gasteiger partial charge in [0.05, 0.1) is 11.1 Å². The number of carbonyl (C=O) groups excluding carboxylic acids is 3. The van der Waals surface area contributed by atoms with Crippen LogP contribution in [0.15, 0.2) is 18.2 Å². The van der Waals surface area contributed by atoms with Gasteiger partial charge in [-0.15, -0.1) is 0 Å². The summed E-state index contributed by atoms with van der Waals surface area (Å²) in [5, 5.41) is 0. The zero-order valence-electron chi connectivity index (χ0n) is 14.2. The number of carbonyl (C=O) groups is 3. The molecule has 0 bridgehead atoms. The second kappa shape index (κ2) is 6.73. The molecule has 0 unspecified atom stereocenters. The molecule has 0 saturated carbocycles. The Hall–Kier alpha value is -2.21. The number of hydrogen-bond acceptors (Lipinski definition) is 4. The molecule has 6 nitrogen and oxygen atoms in total. The van der Waals surface area contributed by atoms with Crippen LogP contribution in [-0.4, -0.2) is 71.7 Å². The molecular formula is C18H23N3O3. The molecule has 24 heavy (non-hydrogen) atoms. The van der Waals surface area contributed by atoms with E-state index in [0.29, 0.717) is 24.2 Å². The molecule has 3 amide bonds. The van der Waals surface area contributed by atoms with Gasteiger partial charge in [0.15, 0.2) is 0 Å². The maximum atomic E-state index is 12.4. The Morgan fingerprint density at radius 1 is 1.04 bits per heavy atom. The highest BCUT2D eigenvalue weighted by Gasteiger charge is 2.35. The van der Waals surface area contributed by atoms with Gasteiger partial charge in [0.2, 0.25) is 5.91 Å². The number of imide groups is 1. The standard InChI is InChI=1S/C18H23N3O3/c1-3-19-8-10-20(11-9-19)16(22)6-7-21-17(23)14-5-4-13(2)12-15(14)18(21)24/h4-5,12H,3,6-11H2,1-2H3. The molecule has 128 valence electrons. The van der Waals surface area contributed by atoms with Gasteiger partial charge in [-0.1, -0.05) is 18.6 Å². The number of hydrogen-bond donors (Lipinski definition) is 0. The minimum absolute atomic E-state index is 0.0125. The Morgan fingerprint density at radius 3 is 2.38 bits per heavy atom. The zero-order valence-corrected chi connectivity index (χ0v) is 14.2. The number of likely N-dealkylation sites (N-methyl/N-ethyl adjacent to an activating group) is 1. The largest absolute Gasteiger partial charge is 0.340 e. The second-order valence-corrected chi connectivity index (χ2v) is 6.38. The van der Waals surface area contributed by atoms with E-state index in [1.165, 1.54) is 4.90 Å². The molecule has 6 heteroatoms. The van der Waals surface area contributed by atoms with Crippen LogP contribution in [0.2, 0.25) is 0 Å². The molecule has 1 aromatic rings. The summed E-state index contributed by atoms with van der Waals surface area (Å²) in [6, 6.07) is 5.25. The van der Waals surface area contributed by atoms with E-state index < -0.39 is 0 Å². The summed E-state index contributed by atoms with van der Waals surface area (Å²) in [6.07, 6.45) is 0.191. The second-order valence-electron chi connectivity index (χ2n) is 6.38. The van der Waals surface area contributed by atoms with Crippen LogP contribution in [0, 0.1) is 6.92 Å². The first-order valence-corrected chi connectivity index (χ1v) is 8.48. The first kappa shape index (κ1) is 16.6. The summed E-state index contributed by atoms with van der Waals surface area (Å²) in [6.45, 7) is 8.35. The SMILES string of the molecule is CCN1CCN(C(=O)CCN2C(=O)c3ccc(C)cc3C2=O)CC1. The van der Waals surface area contributed by atoms with Gasteiger partial charge in [-0.05, 0) is 25.6 Å². The molecule has 0 atom stereocenters. The molecule has 2 heterocycles. The maximum Gasteiger partial charge on any atom is 0.261 e. The number of rotatable bonds is 4. The number of nitrogens with zero attached hydrogens (tertiary/aromatic N) is 3. The van der Waals surface area contributed by atoms with E-state index in [0.717, 1.165) is 25.2 Å². The van der Waals surface area contributed by atoms with Gasteiger partial charge in [-0.2, -0.15) is 0 Å². The van der Waals surface area contributed by atoms with E-state index in [1.54, 1.807) is 12.1 Å². The zero-order chi connectivity index (χ0) is 17.3. The van der Waals surface area contributed by atoms with Crippen molar-refractivity contribution in [2.75, 3.05) is 39.3 Å². The number of aryl methyl sites for hydroxylation is 1. The summed E-state index contributed by atoms with van der Waals surface area (Å²) in [7, 11) is 0. The fourth-order valence-corrected chi connectivity index (χ4v) is 3.29. The number of piperazine rings is 1. The van der Waals surface area contributed by atoms with E-state index >= 15 is 0 Å². The molecule has 1 aromatic carbocycles. The third-order valence-electron chi connectivity index (χ3n) is 4.85. The van der Waals surface area contributed by atoms with Crippen molar-refractivity contribution in [3.8, 4) is 0 Å². The molecule has 0 N–H and O–H groups in total. The quantitative estimate of drug-likeness (QED) is 0.778. The van der Waals surface area contributed by atoms with Crippen LogP contribution in [0.3, 0.4) is 0 Å². The van der Waals surface area contributed by atoms with Gasteiger partial charge >= 0.3 is 0 Å². The first-order valence-electron chi connectivity index (χ1n) is 8.48. The third-order valence-corrected chi connectivity index (χ3v) is 4.85. The Bertz CT molecular complexity index is 678. The van der Waals surface area contributed by atoms with Crippen molar-refractivity contribution in [3.63, 3.8) is 0 Å². The number of benzene rings is 1. The van der Waals surface area contributed by atoms with Crippen LogP contribution in [0.4, 0.5) is 0 Å². The number of fused-ring (bicyclic) bond motifs is 1. The lowest BCUT2D eigenvalue weighted by atomic mass is 10.1. The van der Waals surface area contributed by atoms with Crippen molar-refractivity contribution >= 4 is 17.7 Å². The van der Waals surface area contributed by atoms with E-state index in [2.05, 4.69) is 11.8 Å². The topological polar surface area (TPSA) is 60.9 Å². The van der Waals surface area contributed by atoms with E-state index in [-0.39, 0.29) is 30.7 Å². The van der Waals surface area contributed by atoms with E-state index in [9.17, 15) is 14.4 Å². The lowest BCUT2D eigenvalue weighted by Crippen LogP contribution is -2.49. The third kappa shape index (κ3) is 3.06. The summed E-state index contributed by atoms with van der Waals surface area (Å²) in [4.78, 5) is 42.4. The van der Waals surface area contributed by atoms with Gasteiger partial charge in [0.25, 0.3) is 11.8 Å². The molecule has 1 fully saturated rings. The minimum Gasteiger partial charge on any atom is -0.340 e. The summed E-state index contributed by atoms with van der Waals surface area (Å²) in [5.41, 5.74) is 1.83. The van der Waals surface area contributed by atoms with Crippen molar-refractivity contribution in [2.45, 2.75) is 20.3 Å². The van der Waals surface area contributed by atoms with Gasteiger partial charge in [-0.25, -0.2) is 0 Å². The lowest BCUT2D eigenvalue weighted by Gasteiger charge is -2.34. The van der Waals surface area contributed by atoms with Crippen LogP contribution in [0.5, 0.6) is 0 Å². The van der Waals surface area contributed by atoms with Crippen LogP contribution in [0.25, 0.3) is 0 Å². The van der Waals surface area contributed by atoms with Crippen molar-refractivity contribution in [2.24, 2.45) is 0 Å². The van der Waals surface area contributed by atoms with Crippen molar-refractivity contribution in [1.29, 1.82) is 0 Å². The number of amides is 3. The van der Waals surface area contributed by atoms with Crippen LogP contribution >= 0.6 is 0 Å². The summed E-state index contributed by atoms with van der Waals surface area (Å²) >= 11 is 0. The smallest absolute Gasteiger partial charge is 0.261 e. The van der Waals surface area contributed by atoms with Crippen LogP contribution in [0.1, 0.15) is 39.6 Å². The van der Waals surface area contributed by atoms with Crippen molar-refractivity contribution in [3.05, 3.63) is 34.9 Å². The first-order chi connectivity index (χ1) is 11.5.